The van der Waals surface area contributed by atoms with Crippen LogP contribution in [0.3, 0.4) is 0 Å². The first kappa shape index (κ1) is 11.9. The molecule has 1 aliphatic rings. The summed E-state index contributed by atoms with van der Waals surface area (Å²) < 4.78 is 0. The van der Waals surface area contributed by atoms with Crippen LogP contribution in [0.2, 0.25) is 5.02 Å². The van der Waals surface area contributed by atoms with Gasteiger partial charge in [-0.25, -0.2) is 0 Å². The highest BCUT2D eigenvalue weighted by atomic mass is 35.5. The van der Waals surface area contributed by atoms with Crippen molar-refractivity contribution in [2.24, 2.45) is 0 Å². The van der Waals surface area contributed by atoms with Gasteiger partial charge < -0.3 is 10.4 Å². The third-order valence-electron chi connectivity index (χ3n) is 3.31. The molecular formula is C13H18ClNO. The normalized spacial score (nSPS) is 26.9. The third kappa shape index (κ3) is 2.76. The highest BCUT2D eigenvalue weighted by molar-refractivity contribution is 6.30. The van der Waals surface area contributed by atoms with Crippen LogP contribution in [0.15, 0.2) is 24.3 Å². The van der Waals surface area contributed by atoms with Crippen molar-refractivity contribution in [3.05, 3.63) is 34.9 Å². The van der Waals surface area contributed by atoms with Gasteiger partial charge in [0.25, 0.3) is 0 Å². The molecule has 3 heteroatoms. The second-order valence-electron chi connectivity index (χ2n) is 4.54. The summed E-state index contributed by atoms with van der Waals surface area (Å²) in [5.74, 6) is 0. The number of halogens is 1. The van der Waals surface area contributed by atoms with Gasteiger partial charge in [-0.1, -0.05) is 23.7 Å². The van der Waals surface area contributed by atoms with Crippen LogP contribution in [-0.4, -0.2) is 17.3 Å². The molecule has 2 nitrogen and oxygen atoms in total. The maximum atomic E-state index is 9.75. The Morgan fingerprint density at radius 1 is 1.31 bits per heavy atom. The Balaban J connectivity index is 1.97. The predicted molar refractivity (Wildman–Crippen MR) is 66.6 cm³/mol. The molecule has 0 spiro atoms. The summed E-state index contributed by atoms with van der Waals surface area (Å²) in [5, 5.41) is 14.0. The zero-order chi connectivity index (χ0) is 11.5. The number of hydrogen-bond donors (Lipinski definition) is 2. The molecular weight excluding hydrogens is 222 g/mol. The number of nitrogens with one attached hydrogen (secondary N) is 1. The first-order chi connectivity index (χ1) is 7.66. The van der Waals surface area contributed by atoms with Gasteiger partial charge in [0.2, 0.25) is 0 Å². The molecule has 1 unspecified atom stereocenters. The van der Waals surface area contributed by atoms with Gasteiger partial charge in [0.1, 0.15) is 0 Å². The van der Waals surface area contributed by atoms with Gasteiger partial charge in [-0.05, 0) is 43.9 Å². The summed E-state index contributed by atoms with van der Waals surface area (Å²) in [4.78, 5) is 0. The average Bonchev–Trinajstić information content (AvgIpc) is 2.65. The molecule has 2 N–H and O–H groups in total. The lowest BCUT2D eigenvalue weighted by molar-refractivity contribution is 0.144. The van der Waals surface area contributed by atoms with E-state index >= 15 is 0 Å². The van der Waals surface area contributed by atoms with E-state index in [9.17, 15) is 5.11 Å². The van der Waals surface area contributed by atoms with Crippen molar-refractivity contribution >= 4 is 11.6 Å². The first-order valence-corrected chi connectivity index (χ1v) is 6.24. The largest absolute Gasteiger partial charge is 0.392 e. The topological polar surface area (TPSA) is 32.3 Å². The van der Waals surface area contributed by atoms with Crippen LogP contribution >= 0.6 is 11.6 Å². The van der Waals surface area contributed by atoms with Crippen LogP contribution < -0.4 is 5.32 Å². The molecule has 0 heterocycles. The zero-order valence-corrected chi connectivity index (χ0v) is 10.2. The molecule has 2 rings (SSSR count). The van der Waals surface area contributed by atoms with E-state index in [1.54, 1.807) is 0 Å². The van der Waals surface area contributed by atoms with Crippen LogP contribution in [0, 0.1) is 0 Å². The van der Waals surface area contributed by atoms with Crippen LogP contribution in [0.4, 0.5) is 0 Å². The molecule has 0 aromatic heterocycles. The SMILES string of the molecule is CC(N[C@@H]1CCC[C@H]1O)c1ccc(Cl)cc1. The van der Waals surface area contributed by atoms with E-state index in [1.165, 1.54) is 5.56 Å². The fraction of sp³-hybridized carbons (Fsp3) is 0.538. The van der Waals surface area contributed by atoms with E-state index < -0.39 is 0 Å². The Morgan fingerprint density at radius 3 is 2.56 bits per heavy atom. The molecule has 0 amide bonds. The molecule has 88 valence electrons. The molecule has 1 aliphatic carbocycles. The lowest BCUT2D eigenvalue weighted by Gasteiger charge is -2.22. The molecule has 16 heavy (non-hydrogen) atoms. The third-order valence-corrected chi connectivity index (χ3v) is 3.57. The van der Waals surface area contributed by atoms with E-state index in [0.717, 1.165) is 24.3 Å². The first-order valence-electron chi connectivity index (χ1n) is 5.86. The van der Waals surface area contributed by atoms with Crippen molar-refractivity contribution in [2.45, 2.75) is 44.4 Å². The highest BCUT2D eigenvalue weighted by Crippen LogP contribution is 2.23. The highest BCUT2D eigenvalue weighted by Gasteiger charge is 2.26. The van der Waals surface area contributed by atoms with Crippen molar-refractivity contribution in [1.29, 1.82) is 0 Å². The maximum absolute atomic E-state index is 9.75. The van der Waals surface area contributed by atoms with Crippen LogP contribution in [0.1, 0.15) is 37.8 Å². The van der Waals surface area contributed by atoms with Crippen molar-refractivity contribution in [1.82, 2.24) is 5.32 Å². The van der Waals surface area contributed by atoms with E-state index in [2.05, 4.69) is 12.2 Å². The Bertz CT molecular complexity index is 338. The zero-order valence-electron chi connectivity index (χ0n) is 9.49. The Kier molecular flexibility index (Phi) is 3.85. The molecule has 0 radical (unpaired) electrons. The minimum absolute atomic E-state index is 0.185. The number of benzene rings is 1. The summed E-state index contributed by atoms with van der Waals surface area (Å²) in [7, 11) is 0. The minimum Gasteiger partial charge on any atom is -0.392 e. The Morgan fingerprint density at radius 2 is 2.00 bits per heavy atom. The van der Waals surface area contributed by atoms with Crippen molar-refractivity contribution in [2.75, 3.05) is 0 Å². The van der Waals surface area contributed by atoms with Crippen LogP contribution in [0.25, 0.3) is 0 Å². The minimum atomic E-state index is -0.185. The molecule has 0 aliphatic heterocycles. The van der Waals surface area contributed by atoms with Gasteiger partial charge in [0.05, 0.1) is 6.10 Å². The van der Waals surface area contributed by atoms with E-state index in [0.29, 0.717) is 0 Å². The Hall–Kier alpha value is -0.570. The number of aliphatic hydroxyl groups is 1. The van der Waals surface area contributed by atoms with Crippen molar-refractivity contribution in [3.63, 3.8) is 0 Å². The van der Waals surface area contributed by atoms with Gasteiger partial charge in [-0.2, -0.15) is 0 Å². The maximum Gasteiger partial charge on any atom is 0.0693 e. The summed E-state index contributed by atoms with van der Waals surface area (Å²) in [6.45, 7) is 2.12. The lowest BCUT2D eigenvalue weighted by atomic mass is 10.1. The van der Waals surface area contributed by atoms with Crippen molar-refractivity contribution < 1.29 is 5.11 Å². The fourth-order valence-corrected chi connectivity index (χ4v) is 2.43. The molecule has 1 fully saturated rings. The number of rotatable bonds is 3. The smallest absolute Gasteiger partial charge is 0.0693 e. The summed E-state index contributed by atoms with van der Waals surface area (Å²) in [6.07, 6.45) is 2.92. The Labute approximate surface area is 102 Å². The summed E-state index contributed by atoms with van der Waals surface area (Å²) in [6, 6.07) is 8.36. The quantitative estimate of drug-likeness (QED) is 0.850. The van der Waals surface area contributed by atoms with Gasteiger partial charge in [0, 0.05) is 17.1 Å². The van der Waals surface area contributed by atoms with Crippen LogP contribution in [0.5, 0.6) is 0 Å². The lowest BCUT2D eigenvalue weighted by Crippen LogP contribution is -2.37. The van der Waals surface area contributed by atoms with Gasteiger partial charge in [-0.3, -0.25) is 0 Å². The van der Waals surface area contributed by atoms with Gasteiger partial charge in [0.15, 0.2) is 0 Å². The van der Waals surface area contributed by atoms with Gasteiger partial charge in [-0.15, -0.1) is 0 Å². The second kappa shape index (κ2) is 5.17. The number of aliphatic hydroxyl groups excluding tert-OH is 1. The monoisotopic (exact) mass is 239 g/mol. The molecule has 3 atom stereocenters. The molecule has 1 aromatic rings. The second-order valence-corrected chi connectivity index (χ2v) is 4.98. The molecule has 1 saturated carbocycles. The van der Waals surface area contributed by atoms with E-state index in [4.69, 9.17) is 11.6 Å². The fourth-order valence-electron chi connectivity index (χ4n) is 2.30. The molecule has 0 saturated heterocycles. The molecule has 1 aromatic carbocycles. The van der Waals surface area contributed by atoms with Crippen LogP contribution in [-0.2, 0) is 0 Å². The number of hydrogen-bond acceptors (Lipinski definition) is 2. The van der Waals surface area contributed by atoms with E-state index in [1.807, 2.05) is 24.3 Å². The summed E-state index contributed by atoms with van der Waals surface area (Å²) >= 11 is 5.85. The predicted octanol–water partition coefficient (Wildman–Crippen LogP) is 2.90. The van der Waals surface area contributed by atoms with Gasteiger partial charge >= 0.3 is 0 Å². The van der Waals surface area contributed by atoms with Crippen molar-refractivity contribution in [3.8, 4) is 0 Å². The standard InChI is InChI=1S/C13H18ClNO/c1-9(10-5-7-11(14)8-6-10)15-12-3-2-4-13(12)16/h5-9,12-13,15-16H,2-4H2,1H3/t9?,12-,13-/m1/s1. The molecule has 0 bridgehead atoms. The van der Waals surface area contributed by atoms with E-state index in [-0.39, 0.29) is 18.2 Å². The summed E-state index contributed by atoms with van der Waals surface area (Å²) in [5.41, 5.74) is 1.21. The average molecular weight is 240 g/mol.